The van der Waals surface area contributed by atoms with Gasteiger partial charge in [-0.25, -0.2) is 10.2 Å². The number of hydrogen-bond donors (Lipinski definition) is 3. The van der Waals surface area contributed by atoms with Crippen LogP contribution in [0.3, 0.4) is 0 Å². The molecular weight excluding hydrogens is 381 g/mol. The number of aromatic amines is 1. The van der Waals surface area contributed by atoms with Crippen molar-refractivity contribution in [1.29, 1.82) is 0 Å². The number of amides is 2. The number of H-pyrrole nitrogens is 1. The molecule has 0 fully saturated rings. The van der Waals surface area contributed by atoms with E-state index in [2.05, 4.69) is 22.4 Å². The summed E-state index contributed by atoms with van der Waals surface area (Å²) in [7, 11) is 0. The number of rotatable bonds is 6. The number of carbonyl (C=O) groups excluding carboxylic acids is 1. The van der Waals surface area contributed by atoms with E-state index in [4.69, 9.17) is 5.73 Å². The molecule has 3 rings (SSSR count). The second-order valence-electron chi connectivity index (χ2n) is 6.71. The molecule has 29 heavy (non-hydrogen) atoms. The number of fused-ring (bicyclic) bond motifs is 1. The quantitative estimate of drug-likeness (QED) is 0.384. The lowest BCUT2D eigenvalue weighted by atomic mass is 10.0. The van der Waals surface area contributed by atoms with Crippen LogP contribution in [0, 0.1) is 0 Å². The van der Waals surface area contributed by atoms with Crippen LogP contribution < -0.4 is 11.2 Å². The molecule has 0 radical (unpaired) electrons. The van der Waals surface area contributed by atoms with Gasteiger partial charge in [-0.05, 0) is 48.2 Å². The maximum absolute atomic E-state index is 12.9. The zero-order chi connectivity index (χ0) is 21.0. The van der Waals surface area contributed by atoms with Crippen LogP contribution in [0.25, 0.3) is 22.2 Å². The van der Waals surface area contributed by atoms with Crippen LogP contribution in [0.1, 0.15) is 36.5 Å². The van der Waals surface area contributed by atoms with E-state index in [9.17, 15) is 18.0 Å². The molecule has 0 aliphatic carbocycles. The smallest absolute Gasteiger partial charge is 0.354 e. The summed E-state index contributed by atoms with van der Waals surface area (Å²) in [6.45, 7) is 2.12. The Morgan fingerprint density at radius 3 is 2.55 bits per heavy atom. The maximum Gasteiger partial charge on any atom is 0.416 e. The Bertz CT molecular complexity index is 1040. The number of nitrogens with one attached hydrogen (secondary N) is 2. The van der Waals surface area contributed by atoms with E-state index in [0.717, 1.165) is 47.9 Å². The van der Waals surface area contributed by atoms with Gasteiger partial charge in [0.15, 0.2) is 0 Å². The lowest BCUT2D eigenvalue weighted by molar-refractivity contribution is -0.137. The molecule has 4 N–H and O–H groups in total. The number of hydrogen-bond acceptors (Lipinski definition) is 2. The van der Waals surface area contributed by atoms with Gasteiger partial charge >= 0.3 is 12.2 Å². The first-order valence-electron chi connectivity index (χ1n) is 9.20. The third-order valence-electron chi connectivity index (χ3n) is 4.59. The fourth-order valence-electron chi connectivity index (χ4n) is 3.14. The van der Waals surface area contributed by atoms with Crippen LogP contribution in [0.5, 0.6) is 0 Å². The summed E-state index contributed by atoms with van der Waals surface area (Å²) in [6.07, 6.45) is 0.0829. The summed E-state index contributed by atoms with van der Waals surface area (Å²) in [6, 6.07) is 10.1. The highest BCUT2D eigenvalue weighted by Crippen LogP contribution is 2.33. The minimum Gasteiger partial charge on any atom is -0.354 e. The number of aromatic nitrogens is 1. The van der Waals surface area contributed by atoms with Gasteiger partial charge in [-0.2, -0.15) is 18.3 Å². The SMILES string of the molecule is CCCCc1ccc2[nH]c(-c3ccc(C(F)(F)F)cc3)c(/C=N/NC(N)=O)c2c1. The summed E-state index contributed by atoms with van der Waals surface area (Å²) in [4.78, 5) is 14.2. The number of carbonyl (C=O) groups is 1. The van der Waals surface area contributed by atoms with Crippen molar-refractivity contribution in [2.45, 2.75) is 32.4 Å². The van der Waals surface area contributed by atoms with E-state index in [1.54, 1.807) is 0 Å². The van der Waals surface area contributed by atoms with Crippen molar-refractivity contribution >= 4 is 23.1 Å². The summed E-state index contributed by atoms with van der Waals surface area (Å²) in [5.41, 5.74) is 10.3. The first-order valence-corrected chi connectivity index (χ1v) is 9.20. The Hall–Kier alpha value is -3.29. The second-order valence-corrected chi connectivity index (χ2v) is 6.71. The lowest BCUT2D eigenvalue weighted by Gasteiger charge is -2.07. The fraction of sp³-hybridized carbons (Fsp3) is 0.238. The zero-order valence-corrected chi connectivity index (χ0v) is 15.8. The van der Waals surface area contributed by atoms with E-state index in [1.165, 1.54) is 18.3 Å². The number of nitrogens with two attached hydrogens (primary N) is 1. The van der Waals surface area contributed by atoms with Crippen LogP contribution in [0.4, 0.5) is 18.0 Å². The number of alkyl halides is 3. The number of nitrogens with zero attached hydrogens (tertiary/aromatic N) is 1. The van der Waals surface area contributed by atoms with E-state index < -0.39 is 17.8 Å². The van der Waals surface area contributed by atoms with E-state index >= 15 is 0 Å². The fourth-order valence-corrected chi connectivity index (χ4v) is 3.14. The molecule has 5 nitrogen and oxygen atoms in total. The molecule has 0 aliphatic heterocycles. The van der Waals surface area contributed by atoms with Gasteiger partial charge in [0.05, 0.1) is 17.5 Å². The van der Waals surface area contributed by atoms with Crippen LogP contribution in [0.15, 0.2) is 47.6 Å². The topological polar surface area (TPSA) is 83.3 Å². The third-order valence-corrected chi connectivity index (χ3v) is 4.59. The van der Waals surface area contributed by atoms with Crippen LogP contribution in [-0.2, 0) is 12.6 Å². The van der Waals surface area contributed by atoms with Gasteiger partial charge in [-0.15, -0.1) is 0 Å². The van der Waals surface area contributed by atoms with Crippen LogP contribution >= 0.6 is 0 Å². The third kappa shape index (κ3) is 4.77. The van der Waals surface area contributed by atoms with Crippen LogP contribution in [0.2, 0.25) is 0 Å². The van der Waals surface area contributed by atoms with Gasteiger partial charge in [0.2, 0.25) is 0 Å². The molecule has 152 valence electrons. The standard InChI is InChI=1S/C21H21F3N4O/c1-2-3-4-13-5-10-18-16(11-13)17(12-26-28-20(25)29)19(27-18)14-6-8-15(9-7-14)21(22,23)24/h5-12,27H,2-4H2,1H3,(H3,25,28,29)/b26-12+. The second kappa shape index (κ2) is 8.38. The monoisotopic (exact) mass is 402 g/mol. The Labute approximate surface area is 165 Å². The Balaban J connectivity index is 2.09. The minimum atomic E-state index is -4.40. The molecule has 0 atom stereocenters. The van der Waals surface area contributed by atoms with Gasteiger partial charge < -0.3 is 10.7 Å². The average Bonchev–Trinajstić information content (AvgIpc) is 3.03. The van der Waals surface area contributed by atoms with Crippen molar-refractivity contribution in [3.8, 4) is 11.3 Å². The molecular formula is C21H21F3N4O. The van der Waals surface area contributed by atoms with E-state index in [-0.39, 0.29) is 0 Å². The molecule has 0 spiro atoms. The highest BCUT2D eigenvalue weighted by atomic mass is 19.4. The summed E-state index contributed by atoms with van der Waals surface area (Å²) >= 11 is 0. The average molecular weight is 402 g/mol. The number of unbranched alkanes of at least 4 members (excludes halogenated alkanes) is 1. The number of benzene rings is 2. The molecule has 0 bridgehead atoms. The van der Waals surface area contributed by atoms with Gasteiger partial charge in [0, 0.05) is 16.5 Å². The molecule has 1 aromatic heterocycles. The molecule has 2 aromatic carbocycles. The summed E-state index contributed by atoms with van der Waals surface area (Å²) in [5, 5.41) is 4.71. The number of aryl methyl sites for hydroxylation is 1. The molecule has 0 saturated heterocycles. The molecule has 0 aliphatic rings. The zero-order valence-electron chi connectivity index (χ0n) is 15.8. The number of primary amides is 1. The summed E-state index contributed by atoms with van der Waals surface area (Å²) in [5.74, 6) is 0. The molecule has 3 aromatic rings. The van der Waals surface area contributed by atoms with E-state index in [1.807, 2.05) is 18.2 Å². The van der Waals surface area contributed by atoms with Crippen molar-refractivity contribution in [3.05, 3.63) is 59.2 Å². The molecule has 8 heteroatoms. The number of hydrazone groups is 1. The first kappa shape index (κ1) is 20.4. The molecule has 0 unspecified atom stereocenters. The van der Waals surface area contributed by atoms with Crippen molar-refractivity contribution in [1.82, 2.24) is 10.4 Å². The predicted octanol–water partition coefficient (Wildman–Crippen LogP) is 5.20. The number of halogens is 3. The van der Waals surface area contributed by atoms with E-state index in [0.29, 0.717) is 16.8 Å². The molecule has 1 heterocycles. The van der Waals surface area contributed by atoms with Gasteiger partial charge in [-0.1, -0.05) is 31.5 Å². The summed E-state index contributed by atoms with van der Waals surface area (Å²) < 4.78 is 38.6. The largest absolute Gasteiger partial charge is 0.416 e. The Morgan fingerprint density at radius 1 is 1.21 bits per heavy atom. The Morgan fingerprint density at radius 2 is 1.93 bits per heavy atom. The highest BCUT2D eigenvalue weighted by molar-refractivity contribution is 6.06. The highest BCUT2D eigenvalue weighted by Gasteiger charge is 2.30. The van der Waals surface area contributed by atoms with Gasteiger partial charge in [0.25, 0.3) is 0 Å². The molecule has 2 amide bonds. The van der Waals surface area contributed by atoms with Crippen molar-refractivity contribution in [2.75, 3.05) is 0 Å². The molecule has 0 saturated carbocycles. The lowest BCUT2D eigenvalue weighted by Crippen LogP contribution is -2.24. The van der Waals surface area contributed by atoms with Crippen LogP contribution in [-0.4, -0.2) is 17.2 Å². The Kier molecular flexibility index (Phi) is 5.91. The van der Waals surface area contributed by atoms with Crippen molar-refractivity contribution in [2.24, 2.45) is 10.8 Å². The minimum absolute atomic E-state index is 0.574. The predicted molar refractivity (Wildman–Crippen MR) is 108 cm³/mol. The normalized spacial score (nSPS) is 12.0. The number of urea groups is 1. The van der Waals surface area contributed by atoms with Gasteiger partial charge in [0.1, 0.15) is 0 Å². The van der Waals surface area contributed by atoms with Crippen molar-refractivity contribution in [3.63, 3.8) is 0 Å². The maximum atomic E-state index is 12.9. The first-order chi connectivity index (χ1) is 13.8. The van der Waals surface area contributed by atoms with Crippen molar-refractivity contribution < 1.29 is 18.0 Å². The van der Waals surface area contributed by atoms with Gasteiger partial charge in [-0.3, -0.25) is 0 Å².